The molecule has 188 valence electrons. The van der Waals surface area contributed by atoms with Crippen LogP contribution in [0.25, 0.3) is 22.8 Å². The number of carbonyl (C=O) groups is 1. The molecule has 1 atom stereocenters. The van der Waals surface area contributed by atoms with E-state index < -0.39 is 0 Å². The molecule has 4 rings (SSSR count). The van der Waals surface area contributed by atoms with Crippen LogP contribution in [0.15, 0.2) is 28.9 Å². The molecule has 1 aromatic carbocycles. The molecule has 1 aliphatic rings. The van der Waals surface area contributed by atoms with Crippen molar-refractivity contribution in [1.29, 1.82) is 5.26 Å². The highest BCUT2D eigenvalue weighted by molar-refractivity contribution is 5.78. The van der Waals surface area contributed by atoms with Crippen molar-refractivity contribution in [3.8, 4) is 34.8 Å². The number of hydrogen-bond acceptors (Lipinski definition) is 9. The fraction of sp³-hybridized carbons (Fsp3) is 0.423. The average Bonchev–Trinajstić information content (AvgIpc) is 3.34. The highest BCUT2D eigenvalue weighted by Gasteiger charge is 2.23. The number of rotatable bonds is 8. The second-order valence-corrected chi connectivity index (χ2v) is 9.27. The molecule has 0 spiro atoms. The van der Waals surface area contributed by atoms with E-state index in [1.807, 2.05) is 32.9 Å². The lowest BCUT2D eigenvalue weighted by atomic mass is 9.91. The minimum atomic E-state index is -0.257. The first-order chi connectivity index (χ1) is 17.3. The van der Waals surface area contributed by atoms with Gasteiger partial charge >= 0.3 is 0 Å². The van der Waals surface area contributed by atoms with Crippen LogP contribution in [-0.2, 0) is 17.8 Å². The van der Waals surface area contributed by atoms with Crippen LogP contribution >= 0.6 is 0 Å². The molecular formula is C26H30N6O4. The van der Waals surface area contributed by atoms with Crippen LogP contribution < -0.4 is 10.1 Å². The number of nitriles is 1. The van der Waals surface area contributed by atoms with Crippen molar-refractivity contribution < 1.29 is 19.2 Å². The van der Waals surface area contributed by atoms with Crippen molar-refractivity contribution in [2.75, 3.05) is 19.7 Å². The summed E-state index contributed by atoms with van der Waals surface area (Å²) in [6.07, 6.45) is 2.26. The predicted octanol–water partition coefficient (Wildman–Crippen LogP) is 2.62. The fourth-order valence-corrected chi connectivity index (χ4v) is 4.26. The SMILES string of the molecule is Cc1c(-c2noc(-c3cnc(OC(C)C)c(C#N)c3)n2)ccc2c1CCN(CC(=O)N[C@@H](C)CO)C2. The van der Waals surface area contributed by atoms with E-state index >= 15 is 0 Å². The molecule has 0 radical (unpaired) electrons. The second kappa shape index (κ2) is 10.8. The number of pyridine rings is 1. The van der Waals surface area contributed by atoms with E-state index in [2.05, 4.69) is 31.4 Å². The molecule has 1 amide bonds. The summed E-state index contributed by atoms with van der Waals surface area (Å²) in [5.41, 5.74) is 5.19. The number of nitrogens with zero attached hydrogens (tertiary/aromatic N) is 5. The summed E-state index contributed by atoms with van der Waals surface area (Å²) in [6, 6.07) is 7.49. The van der Waals surface area contributed by atoms with Crippen molar-refractivity contribution in [3.05, 3.63) is 46.6 Å². The Hall–Kier alpha value is -3.81. The maximum Gasteiger partial charge on any atom is 0.259 e. The van der Waals surface area contributed by atoms with E-state index in [-0.39, 0.29) is 36.4 Å². The summed E-state index contributed by atoms with van der Waals surface area (Å²) in [6.45, 7) is 9.19. The molecule has 0 unspecified atom stereocenters. The third kappa shape index (κ3) is 5.53. The van der Waals surface area contributed by atoms with E-state index in [1.54, 1.807) is 19.2 Å². The van der Waals surface area contributed by atoms with Gasteiger partial charge in [-0.2, -0.15) is 10.2 Å². The van der Waals surface area contributed by atoms with E-state index in [0.717, 1.165) is 29.7 Å². The lowest BCUT2D eigenvalue weighted by molar-refractivity contribution is -0.123. The van der Waals surface area contributed by atoms with Crippen LogP contribution in [0, 0.1) is 18.3 Å². The molecule has 36 heavy (non-hydrogen) atoms. The lowest BCUT2D eigenvalue weighted by Gasteiger charge is -2.30. The summed E-state index contributed by atoms with van der Waals surface area (Å²) in [5.74, 6) is 0.920. The summed E-state index contributed by atoms with van der Waals surface area (Å²) in [5, 5.41) is 25.6. The number of aliphatic hydroxyl groups is 1. The number of carbonyl (C=O) groups excluding carboxylic acids is 1. The molecule has 10 heteroatoms. The van der Waals surface area contributed by atoms with Gasteiger partial charge < -0.3 is 19.7 Å². The smallest absolute Gasteiger partial charge is 0.259 e. The third-order valence-electron chi connectivity index (χ3n) is 6.05. The molecule has 3 aromatic rings. The number of aliphatic hydroxyl groups excluding tert-OH is 1. The number of fused-ring (bicyclic) bond motifs is 1. The van der Waals surface area contributed by atoms with Crippen molar-refractivity contribution in [1.82, 2.24) is 25.3 Å². The van der Waals surface area contributed by atoms with Crippen LogP contribution in [0.2, 0.25) is 0 Å². The summed E-state index contributed by atoms with van der Waals surface area (Å²) in [7, 11) is 0. The number of nitrogens with one attached hydrogen (secondary N) is 1. The number of aromatic nitrogens is 3. The largest absolute Gasteiger partial charge is 0.474 e. The number of amides is 1. The average molecular weight is 491 g/mol. The summed E-state index contributed by atoms with van der Waals surface area (Å²) >= 11 is 0. The molecule has 10 nitrogen and oxygen atoms in total. The van der Waals surface area contributed by atoms with Crippen LogP contribution in [-0.4, -0.2) is 62.9 Å². The Morgan fingerprint density at radius 3 is 2.89 bits per heavy atom. The van der Waals surface area contributed by atoms with Gasteiger partial charge in [0.1, 0.15) is 11.6 Å². The van der Waals surface area contributed by atoms with Crippen molar-refractivity contribution in [2.45, 2.75) is 52.8 Å². The maximum atomic E-state index is 12.2. The van der Waals surface area contributed by atoms with Gasteiger partial charge in [-0.25, -0.2) is 4.98 Å². The first-order valence-corrected chi connectivity index (χ1v) is 11.9. The van der Waals surface area contributed by atoms with Crippen LogP contribution in [0.4, 0.5) is 0 Å². The normalized spacial score (nSPS) is 14.2. The molecule has 2 N–H and O–H groups in total. The van der Waals surface area contributed by atoms with Gasteiger partial charge in [-0.3, -0.25) is 9.69 Å². The minimum absolute atomic E-state index is 0.0812. The van der Waals surface area contributed by atoms with Gasteiger partial charge in [-0.15, -0.1) is 0 Å². The van der Waals surface area contributed by atoms with Gasteiger partial charge in [0.05, 0.1) is 24.8 Å². The molecular weight excluding hydrogens is 460 g/mol. The van der Waals surface area contributed by atoms with Crippen LogP contribution in [0.1, 0.15) is 43.0 Å². The Morgan fingerprint density at radius 2 is 2.17 bits per heavy atom. The Balaban J connectivity index is 1.52. The molecule has 3 heterocycles. The van der Waals surface area contributed by atoms with Crippen LogP contribution in [0.3, 0.4) is 0 Å². The van der Waals surface area contributed by atoms with E-state index in [4.69, 9.17) is 14.4 Å². The Kier molecular flexibility index (Phi) is 7.62. The first-order valence-electron chi connectivity index (χ1n) is 11.9. The monoisotopic (exact) mass is 490 g/mol. The topological polar surface area (TPSA) is 137 Å². The molecule has 0 fully saturated rings. The first kappa shape index (κ1) is 25.3. The van der Waals surface area contributed by atoms with Crippen molar-refractivity contribution in [3.63, 3.8) is 0 Å². The predicted molar refractivity (Wildman–Crippen MR) is 132 cm³/mol. The quantitative estimate of drug-likeness (QED) is 0.488. The molecule has 0 aliphatic carbocycles. The van der Waals surface area contributed by atoms with Gasteiger partial charge in [0, 0.05) is 30.9 Å². The van der Waals surface area contributed by atoms with E-state index in [9.17, 15) is 10.1 Å². The maximum absolute atomic E-state index is 12.2. The van der Waals surface area contributed by atoms with Gasteiger partial charge in [-0.1, -0.05) is 17.3 Å². The number of benzene rings is 1. The van der Waals surface area contributed by atoms with Crippen molar-refractivity contribution in [2.24, 2.45) is 0 Å². The number of hydrogen-bond donors (Lipinski definition) is 2. The molecule has 1 aliphatic heterocycles. The molecule has 2 aromatic heterocycles. The standard InChI is InChI=1S/C26H30N6O4/c1-15(2)35-25-19(10-27)9-20(11-28-25)26-30-24(31-36-26)22-6-5-18-12-32(8-7-21(18)17(22)4)13-23(34)29-16(3)14-33/h5-6,9,11,15-16,33H,7-8,12-14H2,1-4H3,(H,29,34)/t16-/m0/s1. The Morgan fingerprint density at radius 1 is 1.36 bits per heavy atom. The van der Waals surface area contributed by atoms with Gasteiger partial charge in [0.2, 0.25) is 17.6 Å². The number of ether oxygens (including phenoxy) is 1. The zero-order chi connectivity index (χ0) is 25.8. The zero-order valence-corrected chi connectivity index (χ0v) is 20.9. The van der Waals surface area contributed by atoms with Gasteiger partial charge in [0.15, 0.2) is 0 Å². The zero-order valence-electron chi connectivity index (χ0n) is 20.9. The fourth-order valence-electron chi connectivity index (χ4n) is 4.26. The summed E-state index contributed by atoms with van der Waals surface area (Å²) < 4.78 is 11.1. The molecule has 0 bridgehead atoms. The van der Waals surface area contributed by atoms with E-state index in [1.165, 1.54) is 5.56 Å². The van der Waals surface area contributed by atoms with Gasteiger partial charge in [0.25, 0.3) is 5.89 Å². The lowest BCUT2D eigenvalue weighted by Crippen LogP contribution is -2.43. The van der Waals surface area contributed by atoms with Crippen molar-refractivity contribution >= 4 is 5.91 Å². The Bertz CT molecular complexity index is 1300. The molecule has 0 saturated heterocycles. The van der Waals surface area contributed by atoms with Crippen LogP contribution in [0.5, 0.6) is 5.88 Å². The second-order valence-electron chi connectivity index (χ2n) is 9.27. The van der Waals surface area contributed by atoms with Gasteiger partial charge in [-0.05, 0) is 56.9 Å². The highest BCUT2D eigenvalue weighted by atomic mass is 16.5. The minimum Gasteiger partial charge on any atom is -0.474 e. The van der Waals surface area contributed by atoms with E-state index in [0.29, 0.717) is 30.0 Å². The highest BCUT2D eigenvalue weighted by Crippen LogP contribution is 2.31. The molecule has 0 saturated carbocycles. The Labute approximate surface area is 209 Å². The summed E-state index contributed by atoms with van der Waals surface area (Å²) in [4.78, 5) is 23.1. The third-order valence-corrected chi connectivity index (χ3v) is 6.05.